The zero-order chi connectivity index (χ0) is 12.1. The molecule has 4 atom stereocenters. The van der Waals surface area contributed by atoms with Gasteiger partial charge in [0.15, 0.2) is 0 Å². The SMILES string of the molecule is CCS(=O)CCN1CCC(NC)C(C)C1C. The molecule has 1 fully saturated rings. The molecule has 0 amide bonds. The lowest BCUT2D eigenvalue weighted by atomic mass is 9.87. The van der Waals surface area contributed by atoms with E-state index in [0.29, 0.717) is 18.0 Å². The molecule has 16 heavy (non-hydrogen) atoms. The highest BCUT2D eigenvalue weighted by Crippen LogP contribution is 2.23. The summed E-state index contributed by atoms with van der Waals surface area (Å²) in [6.45, 7) is 8.73. The maximum atomic E-state index is 11.4. The predicted molar refractivity (Wildman–Crippen MR) is 71.2 cm³/mol. The second-order valence-corrected chi connectivity index (χ2v) is 6.62. The Hall–Kier alpha value is 0.0700. The van der Waals surface area contributed by atoms with E-state index in [-0.39, 0.29) is 0 Å². The minimum atomic E-state index is -0.623. The highest BCUT2D eigenvalue weighted by atomic mass is 32.2. The molecule has 4 unspecified atom stereocenters. The summed E-state index contributed by atoms with van der Waals surface area (Å²) in [5.41, 5.74) is 0. The monoisotopic (exact) mass is 246 g/mol. The van der Waals surface area contributed by atoms with Gasteiger partial charge < -0.3 is 5.32 Å². The fraction of sp³-hybridized carbons (Fsp3) is 1.00. The van der Waals surface area contributed by atoms with Crippen LogP contribution in [-0.4, -0.2) is 52.8 Å². The molecular weight excluding hydrogens is 220 g/mol. The lowest BCUT2D eigenvalue weighted by molar-refractivity contribution is 0.0940. The van der Waals surface area contributed by atoms with Crippen LogP contribution in [0, 0.1) is 5.92 Å². The summed E-state index contributed by atoms with van der Waals surface area (Å²) in [7, 11) is 1.43. The van der Waals surface area contributed by atoms with E-state index in [4.69, 9.17) is 0 Å². The van der Waals surface area contributed by atoms with Gasteiger partial charge in [0.1, 0.15) is 0 Å². The Kier molecular flexibility index (Phi) is 5.94. The maximum Gasteiger partial charge on any atom is 0.0362 e. The topological polar surface area (TPSA) is 32.3 Å². The van der Waals surface area contributed by atoms with Gasteiger partial charge in [-0.15, -0.1) is 0 Å². The van der Waals surface area contributed by atoms with Gasteiger partial charge in [-0.1, -0.05) is 13.8 Å². The molecular formula is C12H26N2OS. The van der Waals surface area contributed by atoms with Crippen LogP contribution in [0.2, 0.25) is 0 Å². The maximum absolute atomic E-state index is 11.4. The fourth-order valence-corrected chi connectivity index (χ4v) is 3.25. The number of likely N-dealkylation sites (tertiary alicyclic amines) is 1. The van der Waals surface area contributed by atoms with E-state index >= 15 is 0 Å². The smallest absolute Gasteiger partial charge is 0.0362 e. The van der Waals surface area contributed by atoms with Crippen molar-refractivity contribution in [1.29, 1.82) is 0 Å². The van der Waals surface area contributed by atoms with Crippen LogP contribution in [0.25, 0.3) is 0 Å². The van der Waals surface area contributed by atoms with Gasteiger partial charge in [0.25, 0.3) is 0 Å². The summed E-state index contributed by atoms with van der Waals surface area (Å²) in [5, 5.41) is 3.39. The van der Waals surface area contributed by atoms with Crippen LogP contribution in [0.3, 0.4) is 0 Å². The first-order valence-electron chi connectivity index (χ1n) is 6.36. The first-order chi connectivity index (χ1) is 7.60. The summed E-state index contributed by atoms with van der Waals surface area (Å²) >= 11 is 0. The van der Waals surface area contributed by atoms with Crippen molar-refractivity contribution in [3.63, 3.8) is 0 Å². The molecule has 0 aromatic carbocycles. The minimum absolute atomic E-state index is 0.597. The van der Waals surface area contributed by atoms with Crippen molar-refractivity contribution >= 4 is 10.8 Å². The van der Waals surface area contributed by atoms with Gasteiger partial charge in [0, 0.05) is 40.9 Å². The number of nitrogens with one attached hydrogen (secondary N) is 1. The van der Waals surface area contributed by atoms with Crippen LogP contribution in [0.4, 0.5) is 0 Å². The Labute approximate surface area is 102 Å². The first-order valence-corrected chi connectivity index (χ1v) is 7.85. The van der Waals surface area contributed by atoms with Crippen LogP contribution in [0.1, 0.15) is 27.2 Å². The number of piperidine rings is 1. The number of rotatable bonds is 5. The van der Waals surface area contributed by atoms with Crippen LogP contribution in [0.5, 0.6) is 0 Å². The van der Waals surface area contributed by atoms with Crippen LogP contribution >= 0.6 is 0 Å². The summed E-state index contributed by atoms with van der Waals surface area (Å²) in [6, 6.07) is 1.24. The zero-order valence-corrected chi connectivity index (χ0v) is 11.8. The Morgan fingerprint density at radius 1 is 1.44 bits per heavy atom. The van der Waals surface area contributed by atoms with E-state index < -0.39 is 10.8 Å². The van der Waals surface area contributed by atoms with E-state index in [1.807, 2.05) is 6.92 Å². The molecule has 1 saturated heterocycles. The average Bonchev–Trinajstić information content (AvgIpc) is 2.30. The van der Waals surface area contributed by atoms with Gasteiger partial charge in [-0.25, -0.2) is 0 Å². The van der Waals surface area contributed by atoms with Gasteiger partial charge in [-0.2, -0.15) is 0 Å². The summed E-state index contributed by atoms with van der Waals surface area (Å²) in [6.07, 6.45) is 1.21. The van der Waals surface area contributed by atoms with Crippen LogP contribution in [0.15, 0.2) is 0 Å². The van der Waals surface area contributed by atoms with Crippen molar-refractivity contribution in [2.24, 2.45) is 5.92 Å². The summed E-state index contributed by atoms with van der Waals surface area (Å²) in [4.78, 5) is 2.49. The molecule has 1 aliphatic heterocycles. The first kappa shape index (κ1) is 14.1. The van der Waals surface area contributed by atoms with E-state index in [0.717, 1.165) is 24.6 Å². The molecule has 4 heteroatoms. The van der Waals surface area contributed by atoms with Crippen molar-refractivity contribution in [2.45, 2.75) is 39.3 Å². The van der Waals surface area contributed by atoms with Crippen LogP contribution in [-0.2, 0) is 10.8 Å². The Morgan fingerprint density at radius 3 is 2.69 bits per heavy atom. The van der Waals surface area contributed by atoms with Crippen molar-refractivity contribution in [3.05, 3.63) is 0 Å². The molecule has 0 aromatic rings. The van der Waals surface area contributed by atoms with Gasteiger partial charge in [0.2, 0.25) is 0 Å². The summed E-state index contributed by atoms with van der Waals surface area (Å²) in [5.74, 6) is 2.29. The Morgan fingerprint density at radius 2 is 2.12 bits per heavy atom. The quantitative estimate of drug-likeness (QED) is 0.788. The predicted octanol–water partition coefficient (Wildman–Crippen LogP) is 1.07. The highest BCUT2D eigenvalue weighted by Gasteiger charge is 2.31. The second kappa shape index (κ2) is 6.72. The molecule has 0 aliphatic carbocycles. The van der Waals surface area contributed by atoms with E-state index in [1.54, 1.807) is 0 Å². The third kappa shape index (κ3) is 3.54. The van der Waals surface area contributed by atoms with Crippen molar-refractivity contribution in [1.82, 2.24) is 10.2 Å². The van der Waals surface area contributed by atoms with E-state index in [1.165, 1.54) is 6.42 Å². The lowest BCUT2D eigenvalue weighted by Crippen LogP contribution is -2.53. The number of hydrogen-bond acceptors (Lipinski definition) is 3. The molecule has 3 nitrogen and oxygen atoms in total. The van der Waals surface area contributed by atoms with Crippen LogP contribution < -0.4 is 5.32 Å². The number of nitrogens with zero attached hydrogens (tertiary/aromatic N) is 1. The molecule has 0 radical (unpaired) electrons. The highest BCUT2D eigenvalue weighted by molar-refractivity contribution is 7.84. The Bertz CT molecular complexity index is 235. The minimum Gasteiger partial charge on any atom is -0.317 e. The molecule has 0 spiro atoms. The molecule has 1 N–H and O–H groups in total. The molecule has 0 bridgehead atoms. The third-order valence-corrected chi connectivity index (χ3v) is 5.28. The average molecular weight is 246 g/mol. The van der Waals surface area contributed by atoms with Gasteiger partial charge in [0.05, 0.1) is 0 Å². The summed E-state index contributed by atoms with van der Waals surface area (Å²) < 4.78 is 11.4. The molecule has 0 aromatic heterocycles. The van der Waals surface area contributed by atoms with Gasteiger partial charge >= 0.3 is 0 Å². The normalized spacial score (nSPS) is 33.9. The van der Waals surface area contributed by atoms with Crippen molar-refractivity contribution in [2.75, 3.05) is 31.6 Å². The zero-order valence-electron chi connectivity index (χ0n) is 11.0. The van der Waals surface area contributed by atoms with Crippen molar-refractivity contribution in [3.8, 4) is 0 Å². The van der Waals surface area contributed by atoms with E-state index in [2.05, 4.69) is 31.1 Å². The van der Waals surface area contributed by atoms with Crippen molar-refractivity contribution < 1.29 is 4.21 Å². The standard InChI is InChI=1S/C12H26N2OS/c1-5-16(15)9-8-14-7-6-12(13-4)10(2)11(14)3/h10-13H,5-9H2,1-4H3. The molecule has 1 heterocycles. The fourth-order valence-electron chi connectivity index (χ4n) is 2.53. The largest absolute Gasteiger partial charge is 0.317 e. The molecule has 1 aliphatic rings. The van der Waals surface area contributed by atoms with Gasteiger partial charge in [-0.05, 0) is 32.9 Å². The molecule has 0 saturated carbocycles. The Balaban J connectivity index is 2.42. The van der Waals surface area contributed by atoms with Gasteiger partial charge in [-0.3, -0.25) is 9.11 Å². The molecule has 96 valence electrons. The second-order valence-electron chi connectivity index (χ2n) is 4.75. The lowest BCUT2D eigenvalue weighted by Gasteiger charge is -2.42. The third-order valence-electron chi connectivity index (χ3n) is 4.00. The van der Waals surface area contributed by atoms with E-state index in [9.17, 15) is 4.21 Å². The number of hydrogen-bond donors (Lipinski definition) is 1. The molecule has 1 rings (SSSR count).